The van der Waals surface area contributed by atoms with Gasteiger partial charge in [-0.1, -0.05) is 39.0 Å². The number of anilines is 1. The van der Waals surface area contributed by atoms with Crippen LogP contribution in [0.15, 0.2) is 48.0 Å². The highest BCUT2D eigenvalue weighted by Gasteiger charge is 2.13. The molecular weight excluding hydrogens is 326 g/mol. The fraction of sp³-hybridized carbons (Fsp3) is 0.318. The first-order chi connectivity index (χ1) is 12.2. The minimum Gasteiger partial charge on any atom is -0.493 e. The van der Waals surface area contributed by atoms with Crippen molar-refractivity contribution in [2.24, 2.45) is 0 Å². The topological polar surface area (TPSA) is 47.6 Å². The van der Waals surface area contributed by atoms with Gasteiger partial charge in [0.05, 0.1) is 14.2 Å². The quantitative estimate of drug-likeness (QED) is 0.766. The van der Waals surface area contributed by atoms with Crippen LogP contribution in [0.5, 0.6) is 11.5 Å². The van der Waals surface area contributed by atoms with E-state index in [1.54, 1.807) is 21.1 Å². The van der Waals surface area contributed by atoms with E-state index in [0.717, 1.165) is 11.3 Å². The third kappa shape index (κ3) is 4.88. The van der Waals surface area contributed by atoms with Crippen molar-refractivity contribution in [3.63, 3.8) is 0 Å². The summed E-state index contributed by atoms with van der Waals surface area (Å²) in [6, 6.07) is 13.5. The summed E-state index contributed by atoms with van der Waals surface area (Å²) < 4.78 is 10.5. The predicted octanol–water partition coefficient (Wildman–Crippen LogP) is 5.04. The Bertz CT molecular complexity index is 799. The van der Waals surface area contributed by atoms with Gasteiger partial charge in [-0.25, -0.2) is 0 Å². The lowest BCUT2D eigenvalue weighted by molar-refractivity contribution is -0.112. The van der Waals surface area contributed by atoms with Crippen LogP contribution in [0.3, 0.4) is 0 Å². The van der Waals surface area contributed by atoms with Gasteiger partial charge in [0.2, 0.25) is 0 Å². The molecule has 0 spiro atoms. The van der Waals surface area contributed by atoms with E-state index in [4.69, 9.17) is 9.47 Å². The Balaban J connectivity index is 2.13. The Morgan fingerprint density at radius 3 is 2.12 bits per heavy atom. The fourth-order valence-corrected chi connectivity index (χ4v) is 2.54. The van der Waals surface area contributed by atoms with Crippen molar-refractivity contribution in [2.45, 2.75) is 33.1 Å². The van der Waals surface area contributed by atoms with Crippen LogP contribution in [-0.2, 0) is 10.2 Å². The van der Waals surface area contributed by atoms with E-state index in [9.17, 15) is 4.79 Å². The molecule has 0 saturated heterocycles. The molecular formula is C22H27NO3. The first-order valence-corrected chi connectivity index (χ1v) is 8.57. The number of carbonyl (C=O) groups excluding carboxylic acids is 1. The number of rotatable bonds is 5. The lowest BCUT2D eigenvalue weighted by atomic mass is 9.87. The number of nitrogens with one attached hydrogen (secondary N) is 1. The van der Waals surface area contributed by atoms with E-state index in [1.165, 1.54) is 5.56 Å². The van der Waals surface area contributed by atoms with E-state index < -0.39 is 0 Å². The van der Waals surface area contributed by atoms with Gasteiger partial charge in [-0.2, -0.15) is 0 Å². The molecule has 0 atom stereocenters. The number of ether oxygens (including phenoxy) is 2. The molecule has 2 rings (SSSR count). The monoisotopic (exact) mass is 353 g/mol. The van der Waals surface area contributed by atoms with E-state index >= 15 is 0 Å². The van der Waals surface area contributed by atoms with Gasteiger partial charge in [0.1, 0.15) is 0 Å². The largest absolute Gasteiger partial charge is 0.493 e. The molecule has 0 aromatic heterocycles. The molecule has 0 saturated carbocycles. The molecule has 26 heavy (non-hydrogen) atoms. The van der Waals surface area contributed by atoms with Gasteiger partial charge in [0.25, 0.3) is 5.91 Å². The number of hydrogen-bond acceptors (Lipinski definition) is 3. The van der Waals surface area contributed by atoms with E-state index in [2.05, 4.69) is 26.1 Å². The van der Waals surface area contributed by atoms with Crippen LogP contribution >= 0.6 is 0 Å². The summed E-state index contributed by atoms with van der Waals surface area (Å²) >= 11 is 0. The zero-order chi connectivity index (χ0) is 19.3. The number of amides is 1. The van der Waals surface area contributed by atoms with Crippen molar-refractivity contribution in [3.8, 4) is 11.5 Å². The highest BCUT2D eigenvalue weighted by Crippen LogP contribution is 2.28. The van der Waals surface area contributed by atoms with Crippen molar-refractivity contribution in [2.75, 3.05) is 19.5 Å². The molecule has 0 heterocycles. The van der Waals surface area contributed by atoms with Crippen LogP contribution in [0.2, 0.25) is 0 Å². The van der Waals surface area contributed by atoms with Gasteiger partial charge in [0.15, 0.2) is 11.5 Å². The van der Waals surface area contributed by atoms with Crippen molar-refractivity contribution >= 4 is 17.7 Å². The molecule has 0 aliphatic carbocycles. The average molecular weight is 353 g/mol. The first-order valence-electron chi connectivity index (χ1n) is 8.57. The number of carbonyl (C=O) groups is 1. The molecule has 2 aromatic carbocycles. The third-order valence-corrected chi connectivity index (χ3v) is 4.16. The standard InChI is InChI=1S/C22H27NO3/c1-15(13-16-7-12-19(25-5)20(14-16)26-6)21(24)23-18-10-8-17(9-11-18)22(2,3)4/h7-14H,1-6H3,(H,23,24)/b15-13+. The van der Waals surface area contributed by atoms with Crippen LogP contribution in [0.4, 0.5) is 5.69 Å². The summed E-state index contributed by atoms with van der Waals surface area (Å²) in [5, 5.41) is 2.93. The summed E-state index contributed by atoms with van der Waals surface area (Å²) in [5.74, 6) is 1.15. The molecule has 0 aliphatic rings. The molecule has 1 amide bonds. The molecule has 0 unspecified atom stereocenters. The van der Waals surface area contributed by atoms with Gasteiger partial charge < -0.3 is 14.8 Å². The molecule has 138 valence electrons. The summed E-state index contributed by atoms with van der Waals surface area (Å²) in [7, 11) is 3.18. The molecule has 0 aliphatic heterocycles. The normalized spacial score (nSPS) is 11.8. The van der Waals surface area contributed by atoms with Crippen molar-refractivity contribution < 1.29 is 14.3 Å². The Morgan fingerprint density at radius 2 is 1.58 bits per heavy atom. The Morgan fingerprint density at radius 1 is 0.962 bits per heavy atom. The minimum absolute atomic E-state index is 0.0891. The summed E-state index contributed by atoms with van der Waals surface area (Å²) in [5.41, 5.74) is 3.58. The van der Waals surface area contributed by atoms with Crippen molar-refractivity contribution in [3.05, 3.63) is 59.2 Å². The fourth-order valence-electron chi connectivity index (χ4n) is 2.54. The summed E-state index contributed by atoms with van der Waals surface area (Å²) in [6.07, 6.45) is 1.82. The Labute approximate surface area is 155 Å². The third-order valence-electron chi connectivity index (χ3n) is 4.16. The SMILES string of the molecule is COc1ccc(/C=C(\C)C(=O)Nc2ccc(C(C)(C)C)cc2)cc1OC. The lowest BCUT2D eigenvalue weighted by Gasteiger charge is -2.19. The van der Waals surface area contributed by atoms with E-state index in [0.29, 0.717) is 17.1 Å². The van der Waals surface area contributed by atoms with Crippen LogP contribution < -0.4 is 14.8 Å². The molecule has 1 N–H and O–H groups in total. The van der Waals surface area contributed by atoms with Crippen LogP contribution in [0.1, 0.15) is 38.8 Å². The second-order valence-electron chi connectivity index (χ2n) is 7.22. The van der Waals surface area contributed by atoms with Crippen molar-refractivity contribution in [1.29, 1.82) is 0 Å². The van der Waals surface area contributed by atoms with Crippen LogP contribution in [0.25, 0.3) is 6.08 Å². The summed E-state index contributed by atoms with van der Waals surface area (Å²) in [4.78, 5) is 12.4. The maximum absolute atomic E-state index is 12.4. The Hall–Kier alpha value is -2.75. The molecule has 4 heteroatoms. The van der Waals surface area contributed by atoms with Crippen LogP contribution in [-0.4, -0.2) is 20.1 Å². The van der Waals surface area contributed by atoms with Gasteiger partial charge in [0, 0.05) is 11.3 Å². The second kappa shape index (κ2) is 8.09. The van der Waals surface area contributed by atoms with E-state index in [-0.39, 0.29) is 11.3 Å². The molecule has 0 fully saturated rings. The zero-order valence-electron chi connectivity index (χ0n) is 16.3. The second-order valence-corrected chi connectivity index (χ2v) is 7.22. The van der Waals surface area contributed by atoms with Gasteiger partial charge >= 0.3 is 0 Å². The highest BCUT2D eigenvalue weighted by molar-refractivity contribution is 6.06. The number of benzene rings is 2. The average Bonchev–Trinajstić information content (AvgIpc) is 2.61. The van der Waals surface area contributed by atoms with Crippen molar-refractivity contribution in [1.82, 2.24) is 0 Å². The summed E-state index contributed by atoms with van der Waals surface area (Å²) in [6.45, 7) is 8.28. The number of methoxy groups -OCH3 is 2. The van der Waals surface area contributed by atoms with Crippen LogP contribution in [0, 0.1) is 0 Å². The zero-order valence-corrected chi connectivity index (χ0v) is 16.3. The lowest BCUT2D eigenvalue weighted by Crippen LogP contribution is -2.14. The molecule has 0 radical (unpaired) electrons. The minimum atomic E-state index is -0.136. The first kappa shape index (κ1) is 19.6. The number of hydrogen-bond donors (Lipinski definition) is 1. The maximum Gasteiger partial charge on any atom is 0.251 e. The molecule has 2 aromatic rings. The molecule has 0 bridgehead atoms. The van der Waals surface area contributed by atoms with Gasteiger partial charge in [-0.15, -0.1) is 0 Å². The van der Waals surface area contributed by atoms with Gasteiger partial charge in [-0.05, 0) is 53.8 Å². The smallest absolute Gasteiger partial charge is 0.251 e. The highest BCUT2D eigenvalue weighted by atomic mass is 16.5. The maximum atomic E-state index is 12.4. The predicted molar refractivity (Wildman–Crippen MR) is 107 cm³/mol. The Kier molecular flexibility index (Phi) is 6.09. The molecule has 4 nitrogen and oxygen atoms in total. The van der Waals surface area contributed by atoms with E-state index in [1.807, 2.05) is 48.5 Å². The van der Waals surface area contributed by atoms with Gasteiger partial charge in [-0.3, -0.25) is 4.79 Å².